The molecule has 1 aromatic carbocycles. The molecule has 13 heavy (non-hydrogen) atoms. The predicted molar refractivity (Wildman–Crippen MR) is 60.9 cm³/mol. The zero-order valence-corrected chi connectivity index (χ0v) is 9.48. The topological polar surface area (TPSA) is 26.0 Å². The van der Waals surface area contributed by atoms with Crippen LogP contribution in [0.5, 0.6) is 0 Å². The molecule has 1 rings (SSSR count). The van der Waals surface area contributed by atoms with Gasteiger partial charge in [-0.25, -0.2) is 0 Å². The number of hydrogen-bond donors (Lipinski definition) is 1. The second-order valence-electron chi connectivity index (χ2n) is 2.80. The van der Waals surface area contributed by atoms with Crippen LogP contribution in [-0.4, -0.2) is 0 Å². The quantitative estimate of drug-likeness (QED) is 0.825. The van der Waals surface area contributed by atoms with Gasteiger partial charge in [0.25, 0.3) is 0 Å². The Morgan fingerprint density at radius 2 is 2.31 bits per heavy atom. The van der Waals surface area contributed by atoms with Gasteiger partial charge in [-0.1, -0.05) is 39.7 Å². The highest BCUT2D eigenvalue weighted by atomic mass is 79.9. The van der Waals surface area contributed by atoms with Crippen LogP contribution in [0.25, 0.3) is 0 Å². The Hall–Kier alpha value is -0.310. The van der Waals surface area contributed by atoms with Gasteiger partial charge in [0.1, 0.15) is 0 Å². The van der Waals surface area contributed by atoms with Crippen LogP contribution in [0.3, 0.4) is 0 Å². The first-order valence-corrected chi connectivity index (χ1v) is 5.13. The van der Waals surface area contributed by atoms with Crippen molar-refractivity contribution in [3.63, 3.8) is 0 Å². The first-order valence-electron chi connectivity index (χ1n) is 3.96. The molecule has 0 spiro atoms. The third-order valence-corrected chi connectivity index (χ3v) is 2.60. The summed E-state index contributed by atoms with van der Waals surface area (Å²) >= 11 is 9.35. The Morgan fingerprint density at radius 1 is 1.62 bits per heavy atom. The molecular formula is C10H11BrClN. The summed E-state index contributed by atoms with van der Waals surface area (Å²) in [5.41, 5.74) is 6.85. The van der Waals surface area contributed by atoms with Crippen LogP contribution in [0.4, 0.5) is 0 Å². The van der Waals surface area contributed by atoms with Gasteiger partial charge in [-0.2, -0.15) is 0 Å². The maximum Gasteiger partial charge on any atom is 0.0465 e. The molecule has 1 nitrogen and oxygen atoms in total. The van der Waals surface area contributed by atoms with E-state index in [9.17, 15) is 0 Å². The summed E-state index contributed by atoms with van der Waals surface area (Å²) < 4.78 is 0.965. The largest absolute Gasteiger partial charge is 0.324 e. The Kier molecular flexibility index (Phi) is 3.97. The monoisotopic (exact) mass is 259 g/mol. The van der Waals surface area contributed by atoms with E-state index in [4.69, 9.17) is 17.3 Å². The van der Waals surface area contributed by atoms with Crippen molar-refractivity contribution in [2.45, 2.75) is 12.5 Å². The molecule has 3 heteroatoms. The summed E-state index contributed by atoms with van der Waals surface area (Å²) in [5, 5.41) is 0.698. The van der Waals surface area contributed by atoms with Crippen molar-refractivity contribution in [2.75, 3.05) is 0 Å². The number of halogens is 2. The lowest BCUT2D eigenvalue weighted by atomic mass is 10.1. The average molecular weight is 261 g/mol. The molecule has 0 bridgehead atoms. The highest BCUT2D eigenvalue weighted by Crippen LogP contribution is 2.26. The van der Waals surface area contributed by atoms with Crippen LogP contribution in [0.2, 0.25) is 5.02 Å². The molecule has 0 aliphatic heterocycles. The lowest BCUT2D eigenvalue weighted by Gasteiger charge is -2.11. The first kappa shape index (κ1) is 10.8. The molecule has 0 saturated carbocycles. The van der Waals surface area contributed by atoms with Crippen molar-refractivity contribution in [1.29, 1.82) is 0 Å². The molecular weight excluding hydrogens is 249 g/mol. The molecule has 0 radical (unpaired) electrons. The number of rotatable bonds is 3. The third-order valence-electron chi connectivity index (χ3n) is 1.78. The van der Waals surface area contributed by atoms with Crippen molar-refractivity contribution in [3.05, 3.63) is 45.9 Å². The molecule has 2 N–H and O–H groups in total. The maximum absolute atomic E-state index is 6.02. The van der Waals surface area contributed by atoms with Gasteiger partial charge in [-0.05, 0) is 24.1 Å². The smallest absolute Gasteiger partial charge is 0.0465 e. The molecule has 70 valence electrons. The predicted octanol–water partition coefficient (Wildman–Crippen LogP) is 3.68. The zero-order valence-electron chi connectivity index (χ0n) is 7.13. The van der Waals surface area contributed by atoms with Gasteiger partial charge in [0, 0.05) is 15.5 Å². The molecule has 1 aromatic rings. The van der Waals surface area contributed by atoms with E-state index in [1.165, 1.54) is 0 Å². The molecule has 0 fully saturated rings. The molecule has 0 aliphatic rings. The van der Waals surface area contributed by atoms with E-state index in [0.29, 0.717) is 5.02 Å². The van der Waals surface area contributed by atoms with E-state index in [-0.39, 0.29) is 6.04 Å². The molecule has 1 unspecified atom stereocenters. The van der Waals surface area contributed by atoms with Crippen LogP contribution in [0.1, 0.15) is 18.0 Å². The van der Waals surface area contributed by atoms with Gasteiger partial charge in [0.2, 0.25) is 0 Å². The second-order valence-corrected chi connectivity index (χ2v) is 4.12. The normalized spacial score (nSPS) is 12.5. The summed E-state index contributed by atoms with van der Waals surface area (Å²) in [6, 6.07) is 5.66. The summed E-state index contributed by atoms with van der Waals surface area (Å²) in [6.45, 7) is 3.64. The highest BCUT2D eigenvalue weighted by Gasteiger charge is 2.08. The van der Waals surface area contributed by atoms with Crippen molar-refractivity contribution < 1.29 is 0 Å². The lowest BCUT2D eigenvalue weighted by molar-refractivity contribution is 0.742. The van der Waals surface area contributed by atoms with Gasteiger partial charge >= 0.3 is 0 Å². The van der Waals surface area contributed by atoms with Gasteiger partial charge in [-0.3, -0.25) is 0 Å². The Morgan fingerprint density at radius 3 is 2.85 bits per heavy atom. The fourth-order valence-corrected chi connectivity index (χ4v) is 1.92. The molecule has 0 amide bonds. The minimum absolute atomic E-state index is 0.0573. The summed E-state index contributed by atoms with van der Waals surface area (Å²) in [5.74, 6) is 0. The van der Waals surface area contributed by atoms with E-state index in [2.05, 4.69) is 22.5 Å². The van der Waals surface area contributed by atoms with Crippen LogP contribution in [0.15, 0.2) is 35.3 Å². The van der Waals surface area contributed by atoms with Crippen molar-refractivity contribution in [2.24, 2.45) is 5.73 Å². The maximum atomic E-state index is 6.02. The zero-order chi connectivity index (χ0) is 9.84. The van der Waals surface area contributed by atoms with E-state index in [1.807, 2.05) is 18.2 Å². The van der Waals surface area contributed by atoms with Gasteiger partial charge < -0.3 is 5.73 Å². The second kappa shape index (κ2) is 4.80. The number of nitrogens with two attached hydrogens (primary N) is 1. The Labute approximate surface area is 91.7 Å². The van der Waals surface area contributed by atoms with Crippen LogP contribution in [0, 0.1) is 0 Å². The van der Waals surface area contributed by atoms with Crippen molar-refractivity contribution >= 4 is 27.5 Å². The van der Waals surface area contributed by atoms with E-state index >= 15 is 0 Å². The average Bonchev–Trinajstić information content (AvgIpc) is 2.04. The standard InChI is InChI=1S/C10H11BrClN/c1-2-3-10(13)8-5-4-7(11)6-9(8)12/h2,4-6,10H,1,3,13H2. The molecule has 1 atom stereocenters. The van der Waals surface area contributed by atoms with Crippen LogP contribution < -0.4 is 5.73 Å². The minimum Gasteiger partial charge on any atom is -0.324 e. The molecule has 0 aromatic heterocycles. The Balaban J connectivity index is 2.94. The first-order chi connectivity index (χ1) is 6.15. The summed E-state index contributed by atoms with van der Waals surface area (Å²) in [7, 11) is 0. The fourth-order valence-electron chi connectivity index (χ4n) is 1.11. The summed E-state index contributed by atoms with van der Waals surface area (Å²) in [6.07, 6.45) is 2.53. The van der Waals surface area contributed by atoms with E-state index in [1.54, 1.807) is 6.08 Å². The third kappa shape index (κ3) is 2.83. The Bertz CT molecular complexity index is 312. The fraction of sp³-hybridized carbons (Fsp3) is 0.200. The lowest BCUT2D eigenvalue weighted by Crippen LogP contribution is -2.09. The summed E-state index contributed by atoms with van der Waals surface area (Å²) in [4.78, 5) is 0. The minimum atomic E-state index is -0.0573. The molecule has 0 heterocycles. The van der Waals surface area contributed by atoms with Gasteiger partial charge in [0.05, 0.1) is 0 Å². The highest BCUT2D eigenvalue weighted by molar-refractivity contribution is 9.10. The van der Waals surface area contributed by atoms with Crippen LogP contribution >= 0.6 is 27.5 Å². The van der Waals surface area contributed by atoms with Crippen molar-refractivity contribution in [1.82, 2.24) is 0 Å². The van der Waals surface area contributed by atoms with Gasteiger partial charge in [-0.15, -0.1) is 6.58 Å². The number of benzene rings is 1. The molecule has 0 saturated heterocycles. The van der Waals surface area contributed by atoms with Gasteiger partial charge in [0.15, 0.2) is 0 Å². The number of hydrogen-bond acceptors (Lipinski definition) is 1. The van der Waals surface area contributed by atoms with Crippen molar-refractivity contribution in [3.8, 4) is 0 Å². The van der Waals surface area contributed by atoms with E-state index < -0.39 is 0 Å². The molecule has 0 aliphatic carbocycles. The van der Waals surface area contributed by atoms with E-state index in [0.717, 1.165) is 16.5 Å². The SMILES string of the molecule is C=CCC(N)c1ccc(Br)cc1Cl. The van der Waals surface area contributed by atoms with Crippen LogP contribution in [-0.2, 0) is 0 Å².